The third-order valence-electron chi connectivity index (χ3n) is 5.99. The van der Waals surface area contributed by atoms with Crippen LogP contribution < -0.4 is 4.74 Å². The zero-order valence-electron chi connectivity index (χ0n) is 20.5. The molecule has 0 spiro atoms. The maximum Gasteiger partial charge on any atom is 0.328 e. The number of carboxylic acid groups (broad SMARTS) is 2. The standard InChI is InChI=1S/C30H28N2O5/c1-2-26(22-5-3-6-25(18-22)37-16-4-7-28(33)34)30(23-13-14-27-24(17-23)19-31-32-27)21-11-8-20(9-12-21)10-15-29(35)36/h3,5-6,8-15,17-19H,2,4,7,16H2,1H3,(H,31,32)(H,33,34)(H,35,36). The van der Waals surface area contributed by atoms with Crippen LogP contribution in [0.4, 0.5) is 0 Å². The number of fused-ring (bicyclic) bond motifs is 1. The number of nitrogens with zero attached hydrogens (tertiary/aromatic N) is 1. The first kappa shape index (κ1) is 25.4. The highest BCUT2D eigenvalue weighted by Crippen LogP contribution is 2.36. The zero-order chi connectivity index (χ0) is 26.2. The van der Waals surface area contributed by atoms with Crippen molar-refractivity contribution in [1.29, 1.82) is 0 Å². The van der Waals surface area contributed by atoms with Crippen molar-refractivity contribution >= 4 is 40.1 Å². The van der Waals surface area contributed by atoms with E-state index in [1.165, 1.54) is 0 Å². The molecule has 0 atom stereocenters. The van der Waals surface area contributed by atoms with Gasteiger partial charge in [0.05, 0.1) is 18.3 Å². The van der Waals surface area contributed by atoms with Gasteiger partial charge in [-0.05, 0) is 76.6 Å². The molecule has 4 aromatic rings. The molecule has 188 valence electrons. The fraction of sp³-hybridized carbons (Fsp3) is 0.167. The molecule has 7 heteroatoms. The normalized spacial score (nSPS) is 12.0. The average molecular weight is 497 g/mol. The lowest BCUT2D eigenvalue weighted by Crippen LogP contribution is -2.02. The van der Waals surface area contributed by atoms with Crippen LogP contribution in [0.2, 0.25) is 0 Å². The van der Waals surface area contributed by atoms with Crippen molar-refractivity contribution in [2.75, 3.05) is 6.61 Å². The van der Waals surface area contributed by atoms with Crippen molar-refractivity contribution in [1.82, 2.24) is 10.2 Å². The molecule has 3 N–H and O–H groups in total. The monoisotopic (exact) mass is 496 g/mol. The third-order valence-corrected chi connectivity index (χ3v) is 5.99. The van der Waals surface area contributed by atoms with Crippen LogP contribution in [0, 0.1) is 0 Å². The molecule has 1 aromatic heterocycles. The zero-order valence-corrected chi connectivity index (χ0v) is 20.5. The molecule has 0 fully saturated rings. The number of hydrogen-bond donors (Lipinski definition) is 3. The summed E-state index contributed by atoms with van der Waals surface area (Å²) in [4.78, 5) is 21.7. The molecule has 0 saturated heterocycles. The van der Waals surface area contributed by atoms with Gasteiger partial charge in [0, 0.05) is 17.9 Å². The Balaban J connectivity index is 1.78. The number of ether oxygens (including phenoxy) is 1. The topological polar surface area (TPSA) is 113 Å². The van der Waals surface area contributed by atoms with E-state index in [1.54, 1.807) is 12.3 Å². The minimum atomic E-state index is -0.989. The van der Waals surface area contributed by atoms with Crippen LogP contribution in [0.25, 0.3) is 28.1 Å². The smallest absolute Gasteiger partial charge is 0.328 e. The van der Waals surface area contributed by atoms with Crippen molar-refractivity contribution in [2.24, 2.45) is 0 Å². The van der Waals surface area contributed by atoms with Crippen LogP contribution in [0.3, 0.4) is 0 Å². The molecular formula is C30H28N2O5. The van der Waals surface area contributed by atoms with Gasteiger partial charge in [0.15, 0.2) is 0 Å². The fourth-order valence-corrected chi connectivity index (χ4v) is 4.25. The summed E-state index contributed by atoms with van der Waals surface area (Å²) < 4.78 is 5.84. The van der Waals surface area contributed by atoms with E-state index in [1.807, 2.05) is 54.6 Å². The van der Waals surface area contributed by atoms with E-state index >= 15 is 0 Å². The van der Waals surface area contributed by atoms with Gasteiger partial charge >= 0.3 is 11.9 Å². The number of rotatable bonds is 11. The number of aromatic nitrogens is 2. The second-order valence-electron chi connectivity index (χ2n) is 8.55. The van der Waals surface area contributed by atoms with Gasteiger partial charge in [0.2, 0.25) is 0 Å². The second-order valence-corrected chi connectivity index (χ2v) is 8.55. The van der Waals surface area contributed by atoms with Crippen LogP contribution in [0.1, 0.15) is 48.4 Å². The Morgan fingerprint density at radius 2 is 1.76 bits per heavy atom. The molecule has 7 nitrogen and oxygen atoms in total. The first-order valence-electron chi connectivity index (χ1n) is 12.1. The highest BCUT2D eigenvalue weighted by Gasteiger charge is 2.15. The van der Waals surface area contributed by atoms with Gasteiger partial charge in [-0.2, -0.15) is 5.10 Å². The highest BCUT2D eigenvalue weighted by atomic mass is 16.5. The Kier molecular flexibility index (Phi) is 8.15. The Morgan fingerprint density at radius 1 is 0.973 bits per heavy atom. The average Bonchev–Trinajstić information content (AvgIpc) is 3.37. The summed E-state index contributed by atoms with van der Waals surface area (Å²) in [6.07, 6.45) is 5.75. The maximum absolute atomic E-state index is 10.9. The van der Waals surface area contributed by atoms with Crippen molar-refractivity contribution in [3.05, 3.63) is 101 Å². The maximum atomic E-state index is 10.9. The van der Waals surface area contributed by atoms with Crippen LogP contribution in [0.15, 0.2) is 79.0 Å². The Morgan fingerprint density at radius 3 is 2.49 bits per heavy atom. The molecule has 1 heterocycles. The van der Waals surface area contributed by atoms with Gasteiger partial charge in [-0.15, -0.1) is 0 Å². The summed E-state index contributed by atoms with van der Waals surface area (Å²) in [5.41, 5.74) is 6.97. The van der Waals surface area contributed by atoms with E-state index in [0.717, 1.165) is 56.8 Å². The van der Waals surface area contributed by atoms with Crippen LogP contribution in [0.5, 0.6) is 5.75 Å². The highest BCUT2D eigenvalue weighted by molar-refractivity contribution is 6.00. The van der Waals surface area contributed by atoms with E-state index < -0.39 is 11.9 Å². The number of aliphatic carboxylic acids is 2. The Hall–Kier alpha value is -4.65. The molecule has 37 heavy (non-hydrogen) atoms. The second kappa shape index (κ2) is 11.9. The van der Waals surface area contributed by atoms with E-state index in [4.69, 9.17) is 14.9 Å². The number of aromatic amines is 1. The number of benzene rings is 3. The number of carbonyl (C=O) groups is 2. The van der Waals surface area contributed by atoms with Gasteiger partial charge < -0.3 is 14.9 Å². The lowest BCUT2D eigenvalue weighted by atomic mass is 9.87. The van der Waals surface area contributed by atoms with Crippen LogP contribution in [-0.2, 0) is 9.59 Å². The van der Waals surface area contributed by atoms with Gasteiger partial charge in [-0.25, -0.2) is 4.79 Å². The van der Waals surface area contributed by atoms with Gasteiger partial charge in [-0.3, -0.25) is 9.89 Å². The van der Waals surface area contributed by atoms with Gasteiger partial charge in [0.25, 0.3) is 0 Å². The molecule has 0 unspecified atom stereocenters. The number of allylic oxidation sites excluding steroid dienone is 1. The Bertz CT molecular complexity index is 1460. The molecule has 0 bridgehead atoms. The van der Waals surface area contributed by atoms with E-state index in [9.17, 15) is 9.59 Å². The van der Waals surface area contributed by atoms with Gasteiger partial charge in [-0.1, -0.05) is 49.4 Å². The number of H-pyrrole nitrogens is 1. The molecule has 0 aliphatic heterocycles. The van der Waals surface area contributed by atoms with E-state index in [2.05, 4.69) is 29.3 Å². The molecule has 0 amide bonds. The van der Waals surface area contributed by atoms with E-state index in [0.29, 0.717) is 18.8 Å². The van der Waals surface area contributed by atoms with Crippen LogP contribution in [-0.4, -0.2) is 39.0 Å². The fourth-order valence-electron chi connectivity index (χ4n) is 4.25. The van der Waals surface area contributed by atoms with Crippen molar-refractivity contribution in [3.63, 3.8) is 0 Å². The molecule has 0 aliphatic carbocycles. The van der Waals surface area contributed by atoms with Crippen molar-refractivity contribution in [3.8, 4) is 5.75 Å². The predicted molar refractivity (Wildman–Crippen MR) is 144 cm³/mol. The third kappa shape index (κ3) is 6.52. The van der Waals surface area contributed by atoms with E-state index in [-0.39, 0.29) is 6.42 Å². The number of carboxylic acids is 2. The molecule has 0 saturated carbocycles. The largest absolute Gasteiger partial charge is 0.494 e. The minimum Gasteiger partial charge on any atom is -0.494 e. The quantitative estimate of drug-likeness (QED) is 0.128. The SMILES string of the molecule is CCC(=C(c1ccc(C=CC(=O)O)cc1)c1ccc2[nH]ncc2c1)c1cccc(OCCCC(=O)O)c1. The summed E-state index contributed by atoms with van der Waals surface area (Å²) in [7, 11) is 0. The predicted octanol–water partition coefficient (Wildman–Crippen LogP) is 6.27. The summed E-state index contributed by atoms with van der Waals surface area (Å²) in [5, 5.41) is 26.0. The van der Waals surface area contributed by atoms with Crippen LogP contribution >= 0.6 is 0 Å². The lowest BCUT2D eigenvalue weighted by molar-refractivity contribution is -0.137. The van der Waals surface area contributed by atoms with Crippen molar-refractivity contribution < 1.29 is 24.5 Å². The summed E-state index contributed by atoms with van der Waals surface area (Å²) in [6, 6.07) is 21.8. The molecule has 4 rings (SSSR count). The molecular weight excluding hydrogens is 468 g/mol. The molecule has 0 aliphatic rings. The lowest BCUT2D eigenvalue weighted by Gasteiger charge is -2.17. The summed E-state index contributed by atoms with van der Waals surface area (Å²) in [5.74, 6) is -1.14. The Labute approximate surface area is 214 Å². The number of hydrogen-bond acceptors (Lipinski definition) is 4. The number of nitrogens with one attached hydrogen (secondary N) is 1. The first-order chi connectivity index (χ1) is 17.9. The molecule has 3 aromatic carbocycles. The van der Waals surface area contributed by atoms with Gasteiger partial charge in [0.1, 0.15) is 5.75 Å². The molecule has 0 radical (unpaired) electrons. The van der Waals surface area contributed by atoms with Crippen molar-refractivity contribution in [2.45, 2.75) is 26.2 Å². The summed E-state index contributed by atoms with van der Waals surface area (Å²) >= 11 is 0. The minimum absolute atomic E-state index is 0.0675. The first-order valence-corrected chi connectivity index (χ1v) is 12.1. The summed E-state index contributed by atoms with van der Waals surface area (Å²) in [6.45, 7) is 2.44.